The van der Waals surface area contributed by atoms with Crippen molar-refractivity contribution in [1.82, 2.24) is 9.99 Å². The Balaban J connectivity index is 1.51. The van der Waals surface area contributed by atoms with Gasteiger partial charge in [0.1, 0.15) is 0 Å². The summed E-state index contributed by atoms with van der Waals surface area (Å²) >= 11 is 0. The minimum Gasteiger partial charge on any atom is -0.340 e. The van der Waals surface area contributed by atoms with Crippen LogP contribution in [0.1, 0.15) is 18.9 Å². The molecule has 4 nitrogen and oxygen atoms in total. The number of hydrogen-bond donors (Lipinski definition) is 1. The first-order valence-electron chi connectivity index (χ1n) is 9.08. The van der Waals surface area contributed by atoms with Crippen molar-refractivity contribution in [2.45, 2.75) is 19.9 Å². The van der Waals surface area contributed by atoms with Gasteiger partial charge in [-0.3, -0.25) is 4.79 Å². The van der Waals surface area contributed by atoms with Crippen LogP contribution >= 0.6 is 0 Å². The summed E-state index contributed by atoms with van der Waals surface area (Å²) < 4.78 is 2.21. The van der Waals surface area contributed by atoms with Crippen LogP contribution in [0.3, 0.4) is 0 Å². The highest BCUT2D eigenvalue weighted by Gasteiger charge is 2.10. The van der Waals surface area contributed by atoms with Gasteiger partial charge in [0.15, 0.2) is 0 Å². The molecule has 0 aliphatic heterocycles. The zero-order valence-electron chi connectivity index (χ0n) is 15.2. The number of rotatable bonds is 5. The number of aromatic nitrogens is 1. The van der Waals surface area contributed by atoms with Gasteiger partial charge in [-0.25, -0.2) is 5.43 Å². The van der Waals surface area contributed by atoms with Crippen LogP contribution in [0.25, 0.3) is 21.8 Å². The van der Waals surface area contributed by atoms with Crippen molar-refractivity contribution in [3.8, 4) is 0 Å². The third-order valence-corrected chi connectivity index (χ3v) is 4.78. The molecule has 1 N–H and O–H groups in total. The molecule has 134 valence electrons. The van der Waals surface area contributed by atoms with Crippen LogP contribution in [0.4, 0.5) is 0 Å². The van der Waals surface area contributed by atoms with Gasteiger partial charge in [-0.05, 0) is 24.6 Å². The molecule has 0 bridgehead atoms. The van der Waals surface area contributed by atoms with E-state index in [4.69, 9.17) is 0 Å². The average molecular weight is 355 g/mol. The van der Waals surface area contributed by atoms with E-state index in [-0.39, 0.29) is 5.91 Å². The molecule has 0 aliphatic rings. The highest BCUT2D eigenvalue weighted by molar-refractivity contribution is 6.08. The summed E-state index contributed by atoms with van der Waals surface area (Å²) in [5, 5.41) is 6.66. The molecule has 0 aliphatic carbocycles. The van der Waals surface area contributed by atoms with Gasteiger partial charge in [-0.15, -0.1) is 0 Å². The van der Waals surface area contributed by atoms with Crippen molar-refractivity contribution in [1.29, 1.82) is 0 Å². The molecule has 0 radical (unpaired) electrons. The second kappa shape index (κ2) is 7.46. The molecule has 0 saturated heterocycles. The monoisotopic (exact) mass is 355 g/mol. The molecular weight excluding hydrogens is 334 g/mol. The molecular formula is C23H21N3O. The van der Waals surface area contributed by atoms with E-state index in [2.05, 4.69) is 39.4 Å². The molecule has 4 heteroatoms. The molecule has 4 aromatic rings. The van der Waals surface area contributed by atoms with Crippen LogP contribution in [0.5, 0.6) is 0 Å². The van der Waals surface area contributed by atoms with Crippen molar-refractivity contribution in [3.05, 3.63) is 84.4 Å². The molecule has 1 aromatic heterocycles. The Labute approximate surface area is 158 Å². The molecule has 0 spiro atoms. The fourth-order valence-corrected chi connectivity index (χ4v) is 3.40. The van der Waals surface area contributed by atoms with Crippen LogP contribution in [0.2, 0.25) is 0 Å². The van der Waals surface area contributed by atoms with E-state index in [0.29, 0.717) is 13.0 Å². The van der Waals surface area contributed by atoms with E-state index in [0.717, 1.165) is 22.3 Å². The van der Waals surface area contributed by atoms with Gasteiger partial charge in [0.25, 0.3) is 0 Å². The third kappa shape index (κ3) is 3.47. The van der Waals surface area contributed by atoms with Crippen molar-refractivity contribution < 1.29 is 4.79 Å². The lowest BCUT2D eigenvalue weighted by molar-refractivity contribution is -0.121. The summed E-state index contributed by atoms with van der Waals surface area (Å²) in [4.78, 5) is 12.3. The fraction of sp³-hybridized carbons (Fsp3) is 0.130. The van der Waals surface area contributed by atoms with Crippen LogP contribution < -0.4 is 5.43 Å². The zero-order valence-corrected chi connectivity index (χ0v) is 15.2. The van der Waals surface area contributed by atoms with Crippen LogP contribution in [-0.4, -0.2) is 16.2 Å². The van der Waals surface area contributed by atoms with E-state index in [1.807, 2.05) is 61.5 Å². The fourth-order valence-electron chi connectivity index (χ4n) is 3.40. The number of hydrogen-bond acceptors (Lipinski definition) is 2. The Morgan fingerprint density at radius 2 is 1.41 bits per heavy atom. The second-order valence-corrected chi connectivity index (χ2v) is 6.53. The van der Waals surface area contributed by atoms with Gasteiger partial charge >= 0.3 is 0 Å². The van der Waals surface area contributed by atoms with Crippen molar-refractivity contribution in [3.63, 3.8) is 0 Å². The molecule has 1 heterocycles. The first-order valence-corrected chi connectivity index (χ1v) is 9.08. The number of nitrogens with one attached hydrogen (secondary N) is 1. The molecule has 4 rings (SSSR count). The smallest absolute Gasteiger partial charge is 0.241 e. The van der Waals surface area contributed by atoms with Crippen LogP contribution in [0, 0.1) is 0 Å². The molecule has 3 aromatic carbocycles. The van der Waals surface area contributed by atoms with E-state index in [1.165, 1.54) is 10.8 Å². The van der Waals surface area contributed by atoms with Gasteiger partial charge in [-0.1, -0.05) is 66.7 Å². The first-order chi connectivity index (χ1) is 13.2. The van der Waals surface area contributed by atoms with Crippen molar-refractivity contribution >= 4 is 33.4 Å². The Bertz CT molecular complexity index is 1070. The summed E-state index contributed by atoms with van der Waals surface area (Å²) in [5.41, 5.74) is 6.76. The lowest BCUT2D eigenvalue weighted by atomic mass is 10.1. The number of para-hydroxylation sites is 2. The SMILES string of the molecule is CC(=NNC(=O)CCn1c2ccccc2c2ccccc21)c1ccccc1. The average Bonchev–Trinajstić information content (AvgIpc) is 3.05. The molecule has 0 unspecified atom stereocenters. The molecule has 0 saturated carbocycles. The largest absolute Gasteiger partial charge is 0.340 e. The van der Waals surface area contributed by atoms with Gasteiger partial charge in [0, 0.05) is 34.8 Å². The minimum atomic E-state index is -0.0906. The summed E-state index contributed by atoms with van der Waals surface area (Å²) in [7, 11) is 0. The van der Waals surface area contributed by atoms with Gasteiger partial charge in [0.2, 0.25) is 5.91 Å². The highest BCUT2D eigenvalue weighted by Crippen LogP contribution is 2.28. The van der Waals surface area contributed by atoms with Gasteiger partial charge < -0.3 is 4.57 Å². The Morgan fingerprint density at radius 3 is 2.04 bits per heavy atom. The zero-order chi connectivity index (χ0) is 18.6. The quantitative estimate of drug-likeness (QED) is 0.408. The number of hydrazone groups is 1. The lowest BCUT2D eigenvalue weighted by Crippen LogP contribution is -2.20. The first kappa shape index (κ1) is 17.0. The number of fused-ring (bicyclic) bond motifs is 3. The molecule has 0 atom stereocenters. The number of nitrogens with zero attached hydrogens (tertiary/aromatic N) is 2. The van der Waals surface area contributed by atoms with E-state index >= 15 is 0 Å². The van der Waals surface area contributed by atoms with E-state index in [1.54, 1.807) is 0 Å². The standard InChI is InChI=1S/C23H21N3O/c1-17(18-9-3-2-4-10-18)24-25-23(27)15-16-26-21-13-7-5-11-19(21)20-12-6-8-14-22(20)26/h2-14H,15-16H2,1H3,(H,25,27). The highest BCUT2D eigenvalue weighted by atomic mass is 16.2. The molecule has 0 fully saturated rings. The van der Waals surface area contributed by atoms with Gasteiger partial charge in [-0.2, -0.15) is 5.10 Å². The Kier molecular flexibility index (Phi) is 4.71. The summed E-state index contributed by atoms with van der Waals surface area (Å²) in [6.07, 6.45) is 0.369. The van der Waals surface area contributed by atoms with Crippen molar-refractivity contribution in [2.24, 2.45) is 5.10 Å². The predicted octanol–water partition coefficient (Wildman–Crippen LogP) is 4.73. The maximum absolute atomic E-state index is 12.3. The predicted molar refractivity (Wildman–Crippen MR) is 111 cm³/mol. The summed E-state index contributed by atoms with van der Waals surface area (Å²) in [6, 6.07) is 26.4. The minimum absolute atomic E-state index is 0.0906. The lowest BCUT2D eigenvalue weighted by Gasteiger charge is -2.07. The number of benzene rings is 3. The Morgan fingerprint density at radius 1 is 0.852 bits per heavy atom. The Hall–Kier alpha value is -3.40. The maximum Gasteiger partial charge on any atom is 0.241 e. The second-order valence-electron chi connectivity index (χ2n) is 6.53. The number of carbonyl (C=O) groups is 1. The summed E-state index contributed by atoms with van der Waals surface area (Å²) in [6.45, 7) is 2.50. The molecule has 1 amide bonds. The number of carbonyl (C=O) groups excluding carboxylic acids is 1. The number of aryl methyl sites for hydroxylation is 1. The third-order valence-electron chi connectivity index (χ3n) is 4.78. The van der Waals surface area contributed by atoms with E-state index in [9.17, 15) is 4.79 Å². The molecule has 27 heavy (non-hydrogen) atoms. The normalized spacial score (nSPS) is 11.8. The maximum atomic E-state index is 12.3. The van der Waals surface area contributed by atoms with Crippen LogP contribution in [0.15, 0.2) is 84.0 Å². The number of amides is 1. The van der Waals surface area contributed by atoms with Crippen molar-refractivity contribution in [2.75, 3.05) is 0 Å². The van der Waals surface area contributed by atoms with Gasteiger partial charge in [0.05, 0.1) is 5.71 Å². The topological polar surface area (TPSA) is 46.4 Å². The summed E-state index contributed by atoms with van der Waals surface area (Å²) in [5.74, 6) is -0.0906. The van der Waals surface area contributed by atoms with Crippen LogP contribution in [-0.2, 0) is 11.3 Å². The van der Waals surface area contributed by atoms with E-state index < -0.39 is 0 Å².